The van der Waals surface area contributed by atoms with Gasteiger partial charge in [-0.25, -0.2) is 4.79 Å². The zero-order chi connectivity index (χ0) is 18.2. The third kappa shape index (κ3) is 5.36. The van der Waals surface area contributed by atoms with Crippen molar-refractivity contribution in [3.8, 4) is 0 Å². The van der Waals surface area contributed by atoms with Gasteiger partial charge in [-0.1, -0.05) is 60.7 Å². The number of carbonyl (C=O) groups is 1. The Morgan fingerprint density at radius 2 is 1.58 bits per heavy atom. The van der Waals surface area contributed by atoms with Crippen molar-refractivity contribution in [3.05, 3.63) is 71.8 Å². The topological polar surface area (TPSA) is 53.4 Å². The van der Waals surface area contributed by atoms with Crippen molar-refractivity contribution in [2.45, 2.75) is 25.2 Å². The molecule has 1 saturated heterocycles. The van der Waals surface area contributed by atoms with Crippen LogP contribution in [0.3, 0.4) is 0 Å². The van der Waals surface area contributed by atoms with Gasteiger partial charge in [-0.3, -0.25) is 5.41 Å². The molecule has 136 valence electrons. The summed E-state index contributed by atoms with van der Waals surface area (Å²) < 4.78 is 5.40. The van der Waals surface area contributed by atoms with Gasteiger partial charge < -0.3 is 9.64 Å². The van der Waals surface area contributed by atoms with Crippen LogP contribution in [0.2, 0.25) is 0 Å². The van der Waals surface area contributed by atoms with Gasteiger partial charge in [0.1, 0.15) is 6.61 Å². The van der Waals surface area contributed by atoms with Gasteiger partial charge in [0.15, 0.2) is 0 Å². The summed E-state index contributed by atoms with van der Waals surface area (Å²) in [4.78, 5) is 14.0. The average Bonchev–Trinajstić information content (AvgIpc) is 2.72. The quantitative estimate of drug-likeness (QED) is 0.600. The molecule has 1 heterocycles. The van der Waals surface area contributed by atoms with E-state index in [4.69, 9.17) is 10.1 Å². The molecule has 0 atom stereocenters. The molecule has 3 rings (SSSR count). The smallest absolute Gasteiger partial charge is 0.410 e. The molecule has 26 heavy (non-hydrogen) atoms. The molecular formula is C21H24N2O2S. The lowest BCUT2D eigenvalue weighted by atomic mass is 9.98. The van der Waals surface area contributed by atoms with Crippen molar-refractivity contribution in [2.24, 2.45) is 5.92 Å². The molecule has 1 aliphatic heterocycles. The first kappa shape index (κ1) is 18.5. The van der Waals surface area contributed by atoms with Gasteiger partial charge in [0, 0.05) is 24.8 Å². The molecule has 0 radical (unpaired) electrons. The molecule has 0 spiro atoms. The molecule has 2 aromatic carbocycles. The minimum absolute atomic E-state index is 0.252. The standard InChI is InChI=1S/C21H24N2O2S/c22-20(26-16-18-9-5-2-6-10-18)19-11-13-23(14-12-19)21(24)25-15-17-7-3-1-4-8-17/h1-10,19,22H,11-16H2. The first-order valence-corrected chi connectivity index (χ1v) is 9.92. The number of benzene rings is 2. The number of rotatable bonds is 5. The van der Waals surface area contributed by atoms with Crippen LogP contribution in [0.5, 0.6) is 0 Å². The van der Waals surface area contributed by atoms with Crippen LogP contribution in [0.4, 0.5) is 4.79 Å². The molecular weight excluding hydrogens is 344 g/mol. The Bertz CT molecular complexity index is 650. The predicted molar refractivity (Wildman–Crippen MR) is 106 cm³/mol. The zero-order valence-electron chi connectivity index (χ0n) is 14.8. The lowest BCUT2D eigenvalue weighted by molar-refractivity contribution is 0.0865. The van der Waals surface area contributed by atoms with Crippen LogP contribution in [0, 0.1) is 11.3 Å². The Hall–Kier alpha value is -2.27. The van der Waals surface area contributed by atoms with Gasteiger partial charge >= 0.3 is 6.09 Å². The van der Waals surface area contributed by atoms with E-state index in [-0.39, 0.29) is 12.0 Å². The highest BCUT2D eigenvalue weighted by atomic mass is 32.2. The summed E-state index contributed by atoms with van der Waals surface area (Å²) >= 11 is 1.60. The van der Waals surface area contributed by atoms with Gasteiger partial charge in [-0.2, -0.15) is 0 Å². The molecule has 0 bridgehead atoms. The number of nitrogens with one attached hydrogen (secondary N) is 1. The average molecular weight is 369 g/mol. The molecule has 1 aliphatic rings. The van der Waals surface area contributed by atoms with E-state index >= 15 is 0 Å². The van der Waals surface area contributed by atoms with Crippen LogP contribution < -0.4 is 0 Å². The fourth-order valence-corrected chi connectivity index (χ4v) is 3.97. The van der Waals surface area contributed by atoms with E-state index in [1.165, 1.54) is 5.56 Å². The third-order valence-electron chi connectivity index (χ3n) is 4.57. The largest absolute Gasteiger partial charge is 0.445 e. The van der Waals surface area contributed by atoms with E-state index in [1.807, 2.05) is 48.5 Å². The highest BCUT2D eigenvalue weighted by molar-refractivity contribution is 8.13. The molecule has 5 heteroatoms. The fraction of sp³-hybridized carbons (Fsp3) is 0.333. The SMILES string of the molecule is N=C(SCc1ccccc1)C1CCN(C(=O)OCc2ccccc2)CC1. The number of thioether (sulfide) groups is 1. The minimum Gasteiger partial charge on any atom is -0.445 e. The number of hydrogen-bond acceptors (Lipinski definition) is 4. The monoisotopic (exact) mass is 368 g/mol. The van der Waals surface area contributed by atoms with Crippen molar-refractivity contribution in [1.82, 2.24) is 4.90 Å². The Balaban J connectivity index is 1.39. The predicted octanol–water partition coefficient (Wildman–Crippen LogP) is 4.95. The lowest BCUT2D eigenvalue weighted by Crippen LogP contribution is -2.40. The molecule has 0 saturated carbocycles. The van der Waals surface area contributed by atoms with Gasteiger partial charge in [0.25, 0.3) is 0 Å². The van der Waals surface area contributed by atoms with Crippen LogP contribution in [-0.2, 0) is 17.1 Å². The number of piperidine rings is 1. The molecule has 4 nitrogen and oxygen atoms in total. The number of hydrogen-bond donors (Lipinski definition) is 1. The number of nitrogens with zero attached hydrogens (tertiary/aromatic N) is 1. The second-order valence-corrected chi connectivity index (χ2v) is 7.46. The molecule has 1 amide bonds. The highest BCUT2D eigenvalue weighted by Crippen LogP contribution is 2.26. The van der Waals surface area contributed by atoms with Crippen molar-refractivity contribution in [3.63, 3.8) is 0 Å². The van der Waals surface area contributed by atoms with E-state index < -0.39 is 0 Å². The Kier molecular flexibility index (Phi) is 6.72. The second-order valence-electron chi connectivity index (χ2n) is 6.44. The maximum atomic E-state index is 12.2. The van der Waals surface area contributed by atoms with Crippen molar-refractivity contribution < 1.29 is 9.53 Å². The minimum atomic E-state index is -0.254. The summed E-state index contributed by atoms with van der Waals surface area (Å²) in [6.45, 7) is 1.63. The van der Waals surface area contributed by atoms with E-state index in [1.54, 1.807) is 16.7 Å². The highest BCUT2D eigenvalue weighted by Gasteiger charge is 2.26. The number of carbonyl (C=O) groups excluding carboxylic acids is 1. The lowest BCUT2D eigenvalue weighted by Gasteiger charge is -2.31. The first-order chi connectivity index (χ1) is 12.7. The summed E-state index contributed by atoms with van der Waals surface area (Å²) in [6, 6.07) is 20.0. The maximum absolute atomic E-state index is 12.2. The summed E-state index contributed by atoms with van der Waals surface area (Å²) in [5, 5.41) is 9.06. The van der Waals surface area contributed by atoms with Crippen molar-refractivity contribution in [1.29, 1.82) is 5.41 Å². The molecule has 1 N–H and O–H groups in total. The zero-order valence-corrected chi connectivity index (χ0v) is 15.6. The van der Waals surface area contributed by atoms with Crippen molar-refractivity contribution in [2.75, 3.05) is 13.1 Å². The first-order valence-electron chi connectivity index (χ1n) is 8.93. The van der Waals surface area contributed by atoms with E-state index in [9.17, 15) is 4.79 Å². The normalized spacial score (nSPS) is 14.8. The molecule has 0 aromatic heterocycles. The molecule has 0 aliphatic carbocycles. The van der Waals surface area contributed by atoms with Gasteiger partial charge in [0.05, 0.1) is 5.04 Å². The van der Waals surface area contributed by atoms with Crippen LogP contribution >= 0.6 is 11.8 Å². The maximum Gasteiger partial charge on any atom is 0.410 e. The van der Waals surface area contributed by atoms with Crippen LogP contribution in [0.1, 0.15) is 24.0 Å². The number of ether oxygens (including phenoxy) is 1. The number of likely N-dealkylation sites (tertiary alicyclic amines) is 1. The van der Waals surface area contributed by atoms with Crippen LogP contribution in [0.15, 0.2) is 60.7 Å². The summed E-state index contributed by atoms with van der Waals surface area (Å²) in [5.74, 6) is 1.08. The summed E-state index contributed by atoms with van der Waals surface area (Å²) in [6.07, 6.45) is 1.41. The molecule has 0 unspecified atom stereocenters. The Morgan fingerprint density at radius 3 is 2.19 bits per heavy atom. The van der Waals surface area contributed by atoms with Crippen LogP contribution in [0.25, 0.3) is 0 Å². The Labute approximate surface area is 159 Å². The van der Waals surface area contributed by atoms with Crippen LogP contribution in [-0.4, -0.2) is 29.1 Å². The Morgan fingerprint density at radius 1 is 1.00 bits per heavy atom. The number of amides is 1. The fourth-order valence-electron chi connectivity index (χ4n) is 2.99. The second kappa shape index (κ2) is 9.43. The summed E-state index contributed by atoms with van der Waals surface area (Å²) in [5.41, 5.74) is 2.24. The van der Waals surface area contributed by atoms with Gasteiger partial charge in [0.2, 0.25) is 0 Å². The van der Waals surface area contributed by atoms with Crippen molar-refractivity contribution >= 4 is 22.9 Å². The third-order valence-corrected chi connectivity index (χ3v) is 5.69. The van der Waals surface area contributed by atoms with E-state index in [0.29, 0.717) is 19.7 Å². The van der Waals surface area contributed by atoms with E-state index in [2.05, 4.69) is 12.1 Å². The molecule has 2 aromatic rings. The van der Waals surface area contributed by atoms with E-state index in [0.717, 1.165) is 29.2 Å². The van der Waals surface area contributed by atoms with Gasteiger partial charge in [-0.05, 0) is 24.0 Å². The van der Waals surface area contributed by atoms with Gasteiger partial charge in [-0.15, -0.1) is 11.8 Å². The summed E-state index contributed by atoms with van der Waals surface area (Å²) in [7, 11) is 0. The molecule has 1 fully saturated rings.